The Bertz CT molecular complexity index is 1160. The molecule has 1 amide bonds. The van der Waals surface area contributed by atoms with Crippen molar-refractivity contribution in [2.24, 2.45) is 0 Å². The van der Waals surface area contributed by atoms with Crippen molar-refractivity contribution in [3.8, 4) is 5.75 Å². The highest BCUT2D eigenvalue weighted by atomic mass is 32.1. The molecule has 0 bridgehead atoms. The molecule has 3 aromatic rings. The lowest BCUT2D eigenvalue weighted by Gasteiger charge is -2.11. The van der Waals surface area contributed by atoms with E-state index in [9.17, 15) is 19.7 Å². The first-order chi connectivity index (χ1) is 13.2. The molecule has 0 aliphatic heterocycles. The first kappa shape index (κ1) is 19.5. The Morgan fingerprint density at radius 1 is 1.36 bits per heavy atom. The van der Waals surface area contributed by atoms with E-state index >= 15 is 0 Å². The predicted octanol–water partition coefficient (Wildman–Crippen LogP) is 2.94. The molecule has 0 aliphatic carbocycles. The fraction of sp³-hybridized carbons (Fsp3) is 0.278. The number of aromatic nitrogens is 2. The number of ether oxygens (including phenoxy) is 1. The molecule has 146 valence electrons. The number of fused-ring (bicyclic) bond motifs is 1. The topological polar surface area (TPSA) is 116 Å². The van der Waals surface area contributed by atoms with Gasteiger partial charge in [-0.3, -0.25) is 24.3 Å². The first-order valence-corrected chi connectivity index (χ1v) is 9.12. The standard InChI is InChI=1S/C18H18N4O5S/c1-9-5-13(22(25)26)14(27-4)6-12(9)20-15(23)7-21-8-19-17-16(18(21)24)10(2)11(3)28-17/h5-6,8H,7H2,1-4H3,(H,20,23). The van der Waals surface area contributed by atoms with Gasteiger partial charge in [0.05, 0.1) is 23.7 Å². The number of nitro groups is 1. The second-order valence-corrected chi connectivity index (χ2v) is 7.49. The SMILES string of the molecule is COc1cc(NC(=O)Cn2cnc3sc(C)c(C)c3c2=O)c(C)cc1[N+](=O)[O-]. The molecule has 0 saturated heterocycles. The van der Waals surface area contributed by atoms with Gasteiger partial charge in [0.1, 0.15) is 11.4 Å². The highest BCUT2D eigenvalue weighted by Crippen LogP contribution is 2.32. The van der Waals surface area contributed by atoms with Gasteiger partial charge in [0.2, 0.25) is 5.91 Å². The summed E-state index contributed by atoms with van der Waals surface area (Å²) >= 11 is 1.44. The molecule has 0 fully saturated rings. The molecule has 0 atom stereocenters. The molecule has 0 aliphatic rings. The normalized spacial score (nSPS) is 10.9. The minimum atomic E-state index is -0.553. The zero-order valence-electron chi connectivity index (χ0n) is 15.7. The maximum atomic E-state index is 12.7. The van der Waals surface area contributed by atoms with E-state index in [1.165, 1.54) is 41.5 Å². The van der Waals surface area contributed by atoms with Gasteiger partial charge in [-0.1, -0.05) is 0 Å². The van der Waals surface area contributed by atoms with Gasteiger partial charge in [0.25, 0.3) is 5.56 Å². The average molecular weight is 402 g/mol. The van der Waals surface area contributed by atoms with E-state index in [1.807, 2.05) is 13.8 Å². The molecule has 0 spiro atoms. The molecule has 0 saturated carbocycles. The lowest BCUT2D eigenvalue weighted by molar-refractivity contribution is -0.385. The maximum absolute atomic E-state index is 12.7. The molecule has 3 rings (SSSR count). The van der Waals surface area contributed by atoms with E-state index < -0.39 is 10.8 Å². The van der Waals surface area contributed by atoms with Crippen LogP contribution in [-0.4, -0.2) is 27.5 Å². The van der Waals surface area contributed by atoms with Crippen LogP contribution in [-0.2, 0) is 11.3 Å². The van der Waals surface area contributed by atoms with Gasteiger partial charge in [0.15, 0.2) is 5.75 Å². The van der Waals surface area contributed by atoms with Crippen LogP contribution in [0.3, 0.4) is 0 Å². The third kappa shape index (κ3) is 3.46. The van der Waals surface area contributed by atoms with Crippen molar-refractivity contribution in [3.05, 3.63) is 54.9 Å². The number of anilines is 1. The number of amides is 1. The van der Waals surface area contributed by atoms with Crippen LogP contribution in [0.5, 0.6) is 5.75 Å². The van der Waals surface area contributed by atoms with Gasteiger partial charge in [-0.25, -0.2) is 4.98 Å². The number of aryl methyl sites for hydroxylation is 3. The molecule has 9 nitrogen and oxygen atoms in total. The van der Waals surface area contributed by atoms with Gasteiger partial charge >= 0.3 is 5.69 Å². The number of nitrogens with zero attached hydrogens (tertiary/aromatic N) is 3. The maximum Gasteiger partial charge on any atom is 0.311 e. The van der Waals surface area contributed by atoms with Crippen LogP contribution in [0.4, 0.5) is 11.4 Å². The Hall–Kier alpha value is -3.27. The van der Waals surface area contributed by atoms with Crippen molar-refractivity contribution < 1.29 is 14.5 Å². The third-order valence-corrected chi connectivity index (χ3v) is 5.58. The highest BCUT2D eigenvalue weighted by Gasteiger charge is 2.19. The van der Waals surface area contributed by atoms with Crippen molar-refractivity contribution in [1.29, 1.82) is 0 Å². The van der Waals surface area contributed by atoms with Crippen molar-refractivity contribution in [2.75, 3.05) is 12.4 Å². The van der Waals surface area contributed by atoms with Gasteiger partial charge < -0.3 is 10.1 Å². The van der Waals surface area contributed by atoms with Crippen LogP contribution in [0.1, 0.15) is 16.0 Å². The third-order valence-electron chi connectivity index (χ3n) is 4.47. The fourth-order valence-corrected chi connectivity index (χ4v) is 3.83. The highest BCUT2D eigenvalue weighted by molar-refractivity contribution is 7.18. The smallest absolute Gasteiger partial charge is 0.311 e. The summed E-state index contributed by atoms with van der Waals surface area (Å²) in [6.45, 7) is 5.19. The minimum Gasteiger partial charge on any atom is -0.490 e. The van der Waals surface area contributed by atoms with Crippen LogP contribution in [0.2, 0.25) is 0 Å². The number of hydrogen-bond donors (Lipinski definition) is 1. The lowest BCUT2D eigenvalue weighted by atomic mass is 10.1. The van der Waals surface area contributed by atoms with Gasteiger partial charge in [-0.2, -0.15) is 0 Å². The van der Waals surface area contributed by atoms with Crippen LogP contribution >= 0.6 is 11.3 Å². The summed E-state index contributed by atoms with van der Waals surface area (Å²) in [6, 6.07) is 2.72. The van der Waals surface area contributed by atoms with Crippen LogP contribution in [0, 0.1) is 30.9 Å². The molecule has 0 unspecified atom stereocenters. The minimum absolute atomic E-state index is 0.0375. The zero-order chi connectivity index (χ0) is 20.6. The summed E-state index contributed by atoms with van der Waals surface area (Å²) in [7, 11) is 1.31. The van der Waals surface area contributed by atoms with E-state index in [-0.39, 0.29) is 23.5 Å². The molecule has 2 aromatic heterocycles. The Balaban J connectivity index is 1.88. The summed E-state index contributed by atoms with van der Waals surface area (Å²) in [5.74, 6) is -0.414. The molecule has 28 heavy (non-hydrogen) atoms. The summed E-state index contributed by atoms with van der Waals surface area (Å²) in [6.07, 6.45) is 1.35. The summed E-state index contributed by atoms with van der Waals surface area (Å²) in [5.41, 5.74) is 1.28. The number of benzene rings is 1. The second kappa shape index (κ2) is 7.39. The van der Waals surface area contributed by atoms with Crippen LogP contribution < -0.4 is 15.6 Å². The lowest BCUT2D eigenvalue weighted by Crippen LogP contribution is -2.28. The monoisotopic (exact) mass is 402 g/mol. The number of rotatable bonds is 5. The zero-order valence-corrected chi connectivity index (χ0v) is 16.5. The van der Waals surface area contributed by atoms with E-state index in [1.54, 1.807) is 6.92 Å². The second-order valence-electron chi connectivity index (χ2n) is 6.29. The number of nitrogens with one attached hydrogen (secondary N) is 1. The number of nitro benzene ring substituents is 1. The molecule has 1 aromatic carbocycles. The molecule has 2 heterocycles. The van der Waals surface area contributed by atoms with Gasteiger partial charge in [-0.05, 0) is 31.9 Å². The summed E-state index contributed by atoms with van der Waals surface area (Å²) < 4.78 is 6.27. The predicted molar refractivity (Wildman–Crippen MR) is 106 cm³/mol. The van der Waals surface area contributed by atoms with E-state index in [0.717, 1.165) is 10.4 Å². The molecular formula is C18H18N4O5S. The number of carbonyl (C=O) groups excluding carboxylic acids is 1. The van der Waals surface area contributed by atoms with Crippen molar-refractivity contribution in [3.63, 3.8) is 0 Å². The number of thiophene rings is 1. The number of methoxy groups -OCH3 is 1. The summed E-state index contributed by atoms with van der Waals surface area (Å²) in [5, 5.41) is 14.3. The number of hydrogen-bond acceptors (Lipinski definition) is 7. The Labute approximate surface area is 163 Å². The summed E-state index contributed by atoms with van der Waals surface area (Å²) in [4.78, 5) is 41.6. The number of carbonyl (C=O) groups is 1. The molecule has 10 heteroatoms. The van der Waals surface area contributed by atoms with Crippen LogP contribution in [0.25, 0.3) is 10.2 Å². The van der Waals surface area contributed by atoms with Crippen molar-refractivity contribution in [1.82, 2.24) is 9.55 Å². The molecule has 0 radical (unpaired) electrons. The van der Waals surface area contributed by atoms with Crippen LogP contribution in [0.15, 0.2) is 23.3 Å². The van der Waals surface area contributed by atoms with E-state index in [2.05, 4.69) is 10.3 Å². The van der Waals surface area contributed by atoms with Gasteiger partial charge in [-0.15, -0.1) is 11.3 Å². The Kier molecular flexibility index (Phi) is 5.14. The van der Waals surface area contributed by atoms with E-state index in [0.29, 0.717) is 21.5 Å². The van der Waals surface area contributed by atoms with Crippen molar-refractivity contribution in [2.45, 2.75) is 27.3 Å². The van der Waals surface area contributed by atoms with Crippen molar-refractivity contribution >= 4 is 38.8 Å². The molecule has 1 N–H and O–H groups in total. The van der Waals surface area contributed by atoms with Gasteiger partial charge in [0, 0.05) is 22.7 Å². The first-order valence-electron chi connectivity index (χ1n) is 8.31. The Morgan fingerprint density at radius 3 is 2.71 bits per heavy atom. The Morgan fingerprint density at radius 2 is 2.07 bits per heavy atom. The fourth-order valence-electron chi connectivity index (χ4n) is 2.84. The average Bonchev–Trinajstić information content (AvgIpc) is 2.93. The van der Waals surface area contributed by atoms with E-state index in [4.69, 9.17) is 4.74 Å². The quantitative estimate of drug-likeness (QED) is 0.518. The largest absolute Gasteiger partial charge is 0.490 e. The molecular weight excluding hydrogens is 384 g/mol.